The van der Waals surface area contributed by atoms with Gasteiger partial charge in [0.15, 0.2) is 0 Å². The minimum atomic E-state index is -0.671. The van der Waals surface area contributed by atoms with Crippen molar-refractivity contribution in [1.82, 2.24) is 15.2 Å². The largest absolute Gasteiger partial charge is 0.497 e. The Labute approximate surface area is 263 Å². The van der Waals surface area contributed by atoms with Gasteiger partial charge in [0.2, 0.25) is 0 Å². The van der Waals surface area contributed by atoms with Gasteiger partial charge in [0, 0.05) is 56.2 Å². The summed E-state index contributed by atoms with van der Waals surface area (Å²) in [6, 6.07) is 24.5. The molecule has 2 atom stereocenters. The number of benzene rings is 3. The fourth-order valence-corrected chi connectivity index (χ4v) is 6.34. The predicted molar refractivity (Wildman–Crippen MR) is 176 cm³/mol. The van der Waals surface area contributed by atoms with Crippen LogP contribution >= 0.6 is 11.3 Å². The number of methoxy groups -OCH3 is 3. The molecule has 2 N–H and O–H groups in total. The van der Waals surface area contributed by atoms with E-state index in [-0.39, 0.29) is 18.6 Å². The maximum absolute atomic E-state index is 11.2. The third-order valence-electron chi connectivity index (χ3n) is 7.80. The van der Waals surface area contributed by atoms with E-state index in [2.05, 4.69) is 39.5 Å². The van der Waals surface area contributed by atoms with Crippen LogP contribution in [0.4, 0.5) is 0 Å². The molecule has 44 heavy (non-hydrogen) atoms. The molecule has 0 bridgehead atoms. The minimum Gasteiger partial charge on any atom is -0.497 e. The average molecular weight is 616 g/mol. The highest BCUT2D eigenvalue weighted by atomic mass is 32.1. The molecule has 0 aliphatic carbocycles. The van der Waals surface area contributed by atoms with Crippen molar-refractivity contribution in [3.63, 3.8) is 0 Å². The molecule has 2 heterocycles. The molecule has 0 radical (unpaired) electrons. The van der Waals surface area contributed by atoms with E-state index in [9.17, 15) is 5.11 Å². The number of nitrogens with zero attached hydrogens (tertiary/aromatic N) is 2. The van der Waals surface area contributed by atoms with Crippen LogP contribution in [0, 0.1) is 0 Å². The van der Waals surface area contributed by atoms with Gasteiger partial charge >= 0.3 is 0 Å². The monoisotopic (exact) mass is 615 g/mol. The fourth-order valence-electron chi connectivity index (χ4n) is 5.61. The van der Waals surface area contributed by atoms with Gasteiger partial charge in [-0.2, -0.15) is 0 Å². The van der Waals surface area contributed by atoms with E-state index in [1.165, 1.54) is 11.1 Å². The summed E-state index contributed by atoms with van der Waals surface area (Å²) >= 11 is 1.57. The van der Waals surface area contributed by atoms with Crippen molar-refractivity contribution in [3.05, 3.63) is 106 Å². The first-order valence-corrected chi connectivity index (χ1v) is 15.7. The zero-order valence-electron chi connectivity index (χ0n) is 25.5. The number of thiazole rings is 1. The quantitative estimate of drug-likeness (QED) is 0.197. The van der Waals surface area contributed by atoms with Crippen molar-refractivity contribution >= 4 is 23.5 Å². The Hall–Kier alpha value is -3.73. The summed E-state index contributed by atoms with van der Waals surface area (Å²) in [4.78, 5) is 6.95. The highest BCUT2D eigenvalue weighted by Gasteiger charge is 2.33. The third-order valence-corrected chi connectivity index (χ3v) is 8.64. The van der Waals surface area contributed by atoms with E-state index < -0.39 is 6.10 Å². The summed E-state index contributed by atoms with van der Waals surface area (Å²) in [5, 5.41) is 17.8. The first-order chi connectivity index (χ1) is 21.6. The van der Waals surface area contributed by atoms with Crippen LogP contribution in [0.2, 0.25) is 0 Å². The molecule has 1 aliphatic heterocycles. The lowest BCUT2D eigenvalue weighted by Crippen LogP contribution is -2.56. The van der Waals surface area contributed by atoms with Crippen LogP contribution in [-0.4, -0.2) is 81.3 Å². The molecule has 0 amide bonds. The van der Waals surface area contributed by atoms with Gasteiger partial charge in [-0.3, -0.25) is 4.90 Å². The molecule has 1 fully saturated rings. The van der Waals surface area contributed by atoms with Crippen LogP contribution in [0.5, 0.6) is 17.2 Å². The molecule has 2 unspecified atom stereocenters. The van der Waals surface area contributed by atoms with E-state index >= 15 is 0 Å². The van der Waals surface area contributed by atoms with Gasteiger partial charge in [-0.15, -0.1) is 11.3 Å². The molecule has 0 saturated carbocycles. The second kappa shape index (κ2) is 15.8. The van der Waals surface area contributed by atoms with E-state index in [0.29, 0.717) is 13.2 Å². The Morgan fingerprint density at radius 1 is 0.955 bits per heavy atom. The van der Waals surface area contributed by atoms with Crippen LogP contribution < -0.4 is 19.5 Å². The van der Waals surface area contributed by atoms with Gasteiger partial charge in [0.1, 0.15) is 35.0 Å². The number of aliphatic hydroxyl groups is 1. The normalized spacial score (nSPS) is 16.3. The van der Waals surface area contributed by atoms with E-state index in [1.807, 2.05) is 66.1 Å². The van der Waals surface area contributed by atoms with Gasteiger partial charge in [-0.05, 0) is 53.6 Å². The smallest absolute Gasteiger partial charge is 0.126 e. The van der Waals surface area contributed by atoms with Gasteiger partial charge < -0.3 is 29.4 Å². The number of β-amino-alcohol motifs (C(OH)–C–C–N with tert-alkyl or cyclic N) is 1. The van der Waals surface area contributed by atoms with Crippen molar-refractivity contribution in [3.8, 4) is 17.2 Å². The van der Waals surface area contributed by atoms with Crippen molar-refractivity contribution < 1.29 is 24.1 Å². The Kier molecular flexibility index (Phi) is 11.4. The highest BCUT2D eigenvalue weighted by molar-refractivity contribution is 7.09. The van der Waals surface area contributed by atoms with E-state index in [4.69, 9.17) is 18.9 Å². The maximum Gasteiger partial charge on any atom is 0.126 e. The lowest BCUT2D eigenvalue weighted by molar-refractivity contribution is 0.0402. The number of rotatable bonds is 14. The van der Waals surface area contributed by atoms with Crippen molar-refractivity contribution in [1.29, 1.82) is 0 Å². The first kappa shape index (κ1) is 31.7. The van der Waals surface area contributed by atoms with Crippen LogP contribution in [0.25, 0.3) is 12.2 Å². The van der Waals surface area contributed by atoms with Gasteiger partial charge in [-0.25, -0.2) is 4.98 Å². The van der Waals surface area contributed by atoms with E-state index in [0.717, 1.165) is 53.1 Å². The molecule has 1 saturated heterocycles. The molecule has 5 rings (SSSR count). The Morgan fingerprint density at radius 3 is 2.30 bits per heavy atom. The molecule has 8 nitrogen and oxygen atoms in total. The van der Waals surface area contributed by atoms with Gasteiger partial charge in [0.05, 0.1) is 26.5 Å². The standard InChI is InChI=1S/C35H41N3O5S/c1-40-23-34-37-28(24-44-34)13-8-25-6-4-5-7-33(25)43-22-29(39)21-38-19-18-36-20-32(38)35(26-9-14-30(41-2)15-10-26)27-11-16-31(42-3)17-12-27/h4-17,24,29,32,35-36,39H,18-23H2,1-3H3/b13-8+. The number of aliphatic hydroxyl groups excluding tert-OH is 1. The Morgan fingerprint density at radius 2 is 1.64 bits per heavy atom. The zero-order chi connectivity index (χ0) is 30.7. The number of hydrogen-bond donors (Lipinski definition) is 2. The summed E-state index contributed by atoms with van der Waals surface area (Å²) in [7, 11) is 5.03. The predicted octanol–water partition coefficient (Wildman–Crippen LogP) is 5.32. The fraction of sp³-hybridized carbons (Fsp3) is 0.343. The number of piperazine rings is 1. The van der Waals surface area contributed by atoms with Crippen molar-refractivity contribution in [2.45, 2.75) is 24.7 Å². The van der Waals surface area contributed by atoms with Crippen molar-refractivity contribution in [2.75, 3.05) is 54.1 Å². The van der Waals surface area contributed by atoms with Crippen LogP contribution in [0.15, 0.2) is 78.2 Å². The summed E-state index contributed by atoms with van der Waals surface area (Å²) in [5.41, 5.74) is 4.19. The van der Waals surface area contributed by atoms with E-state index in [1.54, 1.807) is 32.7 Å². The second-order valence-corrected chi connectivity index (χ2v) is 11.7. The third kappa shape index (κ3) is 8.25. The minimum absolute atomic E-state index is 0.0775. The molecule has 3 aromatic carbocycles. The first-order valence-electron chi connectivity index (χ1n) is 14.8. The molecular formula is C35H41N3O5S. The van der Waals surface area contributed by atoms with Crippen molar-refractivity contribution in [2.24, 2.45) is 0 Å². The second-order valence-electron chi connectivity index (χ2n) is 10.7. The Balaban J connectivity index is 1.29. The summed E-state index contributed by atoms with van der Waals surface area (Å²) in [6.45, 7) is 3.67. The van der Waals surface area contributed by atoms with Gasteiger partial charge in [-0.1, -0.05) is 42.5 Å². The van der Waals surface area contributed by atoms with Gasteiger partial charge in [0.25, 0.3) is 0 Å². The summed E-state index contributed by atoms with van der Waals surface area (Å²) in [5.74, 6) is 2.45. The SMILES string of the molecule is COCc1nc(/C=C/c2ccccc2OCC(O)CN2CCNCC2C(c2ccc(OC)cc2)c2ccc(OC)cc2)cs1. The number of nitrogens with one attached hydrogen (secondary N) is 1. The van der Waals surface area contributed by atoms with Crippen LogP contribution in [0.1, 0.15) is 33.3 Å². The molecule has 4 aromatic rings. The molecule has 9 heteroatoms. The molecule has 1 aromatic heterocycles. The number of para-hydroxylation sites is 1. The highest BCUT2D eigenvalue weighted by Crippen LogP contribution is 2.34. The molecule has 0 spiro atoms. The Bertz CT molecular complexity index is 1430. The number of hydrogen-bond acceptors (Lipinski definition) is 9. The average Bonchev–Trinajstić information content (AvgIpc) is 3.52. The maximum atomic E-state index is 11.2. The lowest BCUT2D eigenvalue weighted by atomic mass is 9.83. The van der Waals surface area contributed by atoms with Crippen LogP contribution in [0.3, 0.4) is 0 Å². The zero-order valence-corrected chi connectivity index (χ0v) is 26.3. The molecular weight excluding hydrogens is 574 g/mol. The number of ether oxygens (including phenoxy) is 4. The summed E-state index contributed by atoms with van der Waals surface area (Å²) < 4.78 is 22.2. The lowest BCUT2D eigenvalue weighted by Gasteiger charge is -2.42. The topological polar surface area (TPSA) is 85.3 Å². The van der Waals surface area contributed by atoms with Crippen LogP contribution in [-0.2, 0) is 11.3 Å². The molecule has 1 aliphatic rings. The number of aromatic nitrogens is 1. The summed E-state index contributed by atoms with van der Waals surface area (Å²) in [6.07, 6.45) is 3.29. The molecule has 232 valence electrons.